The Balaban J connectivity index is 3.26. The molecular weight excluding hydrogens is 314 g/mol. The number of carbonyl (C=O) groups excluding carboxylic acids is 4. The summed E-state index contributed by atoms with van der Waals surface area (Å²) in [5, 5.41) is -3.90. The zero-order chi connectivity index (χ0) is 13.4. The molecule has 1 saturated carbocycles. The third-order valence-corrected chi connectivity index (χ3v) is 4.23. The molecule has 0 unspecified atom stereocenters. The Labute approximate surface area is 117 Å². The van der Waals surface area contributed by atoms with Crippen LogP contribution in [0, 0.1) is 17.3 Å². The number of halogens is 4. The van der Waals surface area contributed by atoms with Gasteiger partial charge in [0, 0.05) is 5.92 Å². The van der Waals surface area contributed by atoms with Gasteiger partial charge in [0.15, 0.2) is 0 Å². The lowest BCUT2D eigenvalue weighted by atomic mass is 9.80. The maximum atomic E-state index is 11.4. The largest absolute Gasteiger partial charge is 0.281 e. The lowest BCUT2D eigenvalue weighted by molar-refractivity contribution is -0.138. The Morgan fingerprint density at radius 3 is 1.59 bits per heavy atom. The van der Waals surface area contributed by atoms with E-state index >= 15 is 0 Å². The van der Waals surface area contributed by atoms with Gasteiger partial charge in [-0.1, -0.05) is 0 Å². The van der Waals surface area contributed by atoms with Crippen molar-refractivity contribution in [3.05, 3.63) is 0 Å². The summed E-state index contributed by atoms with van der Waals surface area (Å²) in [6.07, 6.45) is -0.398. The number of rotatable bonds is 4. The van der Waals surface area contributed by atoms with E-state index in [9.17, 15) is 19.2 Å². The molecule has 0 amide bonds. The van der Waals surface area contributed by atoms with Crippen molar-refractivity contribution in [1.82, 2.24) is 0 Å². The molecule has 0 heterocycles. The third kappa shape index (κ3) is 2.50. The van der Waals surface area contributed by atoms with Gasteiger partial charge in [0.2, 0.25) is 21.0 Å². The highest BCUT2D eigenvalue weighted by molar-refractivity contribution is 6.76. The summed E-state index contributed by atoms with van der Waals surface area (Å²) in [4.78, 5) is 45.1. The molecule has 4 nitrogen and oxygen atoms in total. The van der Waals surface area contributed by atoms with E-state index in [-0.39, 0.29) is 12.8 Å². The van der Waals surface area contributed by atoms with E-state index in [4.69, 9.17) is 46.4 Å². The Kier molecular flexibility index (Phi) is 4.58. The molecule has 0 aromatic heterocycles. The van der Waals surface area contributed by atoms with Crippen LogP contribution in [-0.2, 0) is 19.2 Å². The van der Waals surface area contributed by atoms with Gasteiger partial charge in [-0.25, -0.2) is 0 Å². The molecule has 0 N–H and O–H groups in total. The lowest BCUT2D eigenvalue weighted by Gasteiger charge is -2.24. The van der Waals surface area contributed by atoms with Crippen LogP contribution in [0.5, 0.6) is 0 Å². The van der Waals surface area contributed by atoms with Crippen LogP contribution in [0.15, 0.2) is 0 Å². The fraction of sp³-hybridized carbons (Fsp3) is 0.556. The van der Waals surface area contributed by atoms with Gasteiger partial charge >= 0.3 is 0 Å². The Morgan fingerprint density at radius 2 is 1.35 bits per heavy atom. The van der Waals surface area contributed by atoms with Crippen molar-refractivity contribution in [1.29, 1.82) is 0 Å². The maximum Gasteiger partial charge on any atom is 0.237 e. The topological polar surface area (TPSA) is 68.3 Å². The van der Waals surface area contributed by atoms with Gasteiger partial charge in [-0.3, -0.25) is 19.2 Å². The molecule has 0 radical (unpaired) electrons. The smallest absolute Gasteiger partial charge is 0.237 e. The van der Waals surface area contributed by atoms with Crippen LogP contribution in [0.1, 0.15) is 12.8 Å². The lowest BCUT2D eigenvalue weighted by Crippen LogP contribution is -2.40. The molecule has 0 aromatic rings. The highest BCUT2D eigenvalue weighted by Crippen LogP contribution is 2.51. The molecule has 17 heavy (non-hydrogen) atoms. The molecule has 1 aliphatic carbocycles. The molecule has 1 fully saturated rings. The molecular formula is C9H6Cl4O4. The summed E-state index contributed by atoms with van der Waals surface area (Å²) >= 11 is 21.3. The first kappa shape index (κ1) is 14.9. The van der Waals surface area contributed by atoms with Crippen LogP contribution in [0.2, 0.25) is 0 Å². The van der Waals surface area contributed by atoms with Gasteiger partial charge in [-0.15, -0.1) is 0 Å². The second-order valence-electron chi connectivity index (χ2n) is 3.82. The predicted octanol–water partition coefficient (Wildman–Crippen LogP) is 2.06. The summed E-state index contributed by atoms with van der Waals surface area (Å²) in [7, 11) is 0. The molecule has 0 aliphatic heterocycles. The SMILES string of the molecule is O=C(Cl)[C@@H]1C[C@@H](C(=O)Cl)C(C(=O)Cl)(C(=O)Cl)C1. The minimum absolute atomic E-state index is 0.110. The number of hydrogen-bond donors (Lipinski definition) is 0. The van der Waals surface area contributed by atoms with Gasteiger partial charge in [-0.2, -0.15) is 0 Å². The van der Waals surface area contributed by atoms with E-state index in [0.29, 0.717) is 0 Å². The van der Waals surface area contributed by atoms with E-state index in [1.807, 2.05) is 0 Å². The van der Waals surface area contributed by atoms with Crippen molar-refractivity contribution in [3.8, 4) is 0 Å². The Morgan fingerprint density at radius 1 is 0.882 bits per heavy atom. The minimum Gasteiger partial charge on any atom is -0.281 e. The zero-order valence-corrected chi connectivity index (χ0v) is 11.2. The fourth-order valence-corrected chi connectivity index (χ4v) is 3.15. The van der Waals surface area contributed by atoms with Crippen molar-refractivity contribution in [3.63, 3.8) is 0 Å². The van der Waals surface area contributed by atoms with Crippen LogP contribution in [0.3, 0.4) is 0 Å². The monoisotopic (exact) mass is 318 g/mol. The predicted molar refractivity (Wildman–Crippen MR) is 62.1 cm³/mol. The molecule has 1 aliphatic rings. The highest BCUT2D eigenvalue weighted by Gasteiger charge is 2.60. The summed E-state index contributed by atoms with van der Waals surface area (Å²) in [5.74, 6) is -2.05. The molecule has 0 aromatic carbocycles. The molecule has 1 rings (SSSR count). The van der Waals surface area contributed by atoms with Gasteiger partial charge < -0.3 is 0 Å². The number of hydrogen-bond acceptors (Lipinski definition) is 4. The van der Waals surface area contributed by atoms with Crippen molar-refractivity contribution >= 4 is 67.4 Å². The zero-order valence-electron chi connectivity index (χ0n) is 8.21. The van der Waals surface area contributed by atoms with Gasteiger partial charge in [0.1, 0.15) is 5.41 Å². The second-order valence-corrected chi connectivity index (χ2v) is 5.25. The van der Waals surface area contributed by atoms with Crippen LogP contribution in [0.4, 0.5) is 0 Å². The molecule has 94 valence electrons. The van der Waals surface area contributed by atoms with Crippen molar-refractivity contribution in [2.75, 3.05) is 0 Å². The van der Waals surface area contributed by atoms with E-state index in [0.717, 1.165) is 0 Å². The van der Waals surface area contributed by atoms with Crippen molar-refractivity contribution in [2.24, 2.45) is 17.3 Å². The van der Waals surface area contributed by atoms with Gasteiger partial charge in [0.25, 0.3) is 0 Å². The van der Waals surface area contributed by atoms with E-state index < -0.39 is 38.2 Å². The minimum atomic E-state index is -1.95. The Hall–Kier alpha value is -0.160. The number of carbonyl (C=O) groups is 4. The van der Waals surface area contributed by atoms with Crippen molar-refractivity contribution < 1.29 is 19.2 Å². The van der Waals surface area contributed by atoms with Crippen molar-refractivity contribution in [2.45, 2.75) is 12.8 Å². The Bertz CT molecular complexity index is 392. The van der Waals surface area contributed by atoms with Crippen LogP contribution >= 0.6 is 46.4 Å². The van der Waals surface area contributed by atoms with Crippen LogP contribution in [0.25, 0.3) is 0 Å². The molecule has 0 saturated heterocycles. The first-order valence-corrected chi connectivity index (χ1v) is 6.03. The standard InChI is InChI=1S/C9H6Cl4O4/c10-5(14)3-1-4(6(11)15)9(2-3,7(12)16)8(13)17/h3-4H,1-2H2/t3-,4+/m1/s1. The fourth-order valence-electron chi connectivity index (χ4n) is 2.07. The molecule has 0 bridgehead atoms. The summed E-state index contributed by atoms with van der Waals surface area (Å²) in [6, 6.07) is 0. The summed E-state index contributed by atoms with van der Waals surface area (Å²) < 4.78 is 0. The maximum absolute atomic E-state index is 11.4. The second kappa shape index (κ2) is 5.22. The van der Waals surface area contributed by atoms with E-state index in [2.05, 4.69) is 0 Å². The average molecular weight is 320 g/mol. The van der Waals surface area contributed by atoms with Crippen LogP contribution in [-0.4, -0.2) is 21.0 Å². The van der Waals surface area contributed by atoms with E-state index in [1.54, 1.807) is 0 Å². The van der Waals surface area contributed by atoms with E-state index in [1.165, 1.54) is 0 Å². The average Bonchev–Trinajstić information content (AvgIpc) is 2.58. The van der Waals surface area contributed by atoms with Gasteiger partial charge in [-0.05, 0) is 59.2 Å². The van der Waals surface area contributed by atoms with Gasteiger partial charge in [0.05, 0.1) is 5.92 Å². The highest BCUT2D eigenvalue weighted by atomic mass is 35.5. The molecule has 0 spiro atoms. The molecule has 2 atom stereocenters. The normalized spacial score (nSPS) is 26.6. The quantitative estimate of drug-likeness (QED) is 0.587. The third-order valence-electron chi connectivity index (χ3n) is 2.98. The summed E-state index contributed by atoms with van der Waals surface area (Å²) in [6.45, 7) is 0. The van der Waals surface area contributed by atoms with Crippen LogP contribution < -0.4 is 0 Å². The first-order valence-electron chi connectivity index (χ1n) is 4.52. The molecule has 8 heteroatoms. The summed E-state index contributed by atoms with van der Waals surface area (Å²) in [5.41, 5.74) is -1.95. The first-order chi connectivity index (χ1) is 7.73.